The van der Waals surface area contributed by atoms with Gasteiger partial charge in [0.15, 0.2) is 0 Å². The maximum atomic E-state index is 5.31. The van der Waals surface area contributed by atoms with Gasteiger partial charge in [-0.25, -0.2) is 0 Å². The molecular weight excluding hydrogens is 178 g/mol. The summed E-state index contributed by atoms with van der Waals surface area (Å²) >= 11 is 5.31. The highest BCUT2D eigenvalue weighted by Gasteiger charge is 2.17. The Kier molecular flexibility index (Phi) is 5.73. The number of rotatable bonds is 6. The molecule has 0 fully saturated rings. The quantitative estimate of drug-likeness (QED) is 0.663. The van der Waals surface area contributed by atoms with Crippen molar-refractivity contribution in [2.75, 3.05) is 13.6 Å². The molecule has 0 aliphatic heterocycles. The van der Waals surface area contributed by atoms with Gasteiger partial charge in [0, 0.05) is 0 Å². The van der Waals surface area contributed by atoms with Crippen LogP contribution in [0.3, 0.4) is 0 Å². The van der Waals surface area contributed by atoms with Gasteiger partial charge in [-0.15, -0.1) is 0 Å². The van der Waals surface area contributed by atoms with Crippen molar-refractivity contribution in [1.82, 2.24) is 5.32 Å². The zero-order valence-corrected chi connectivity index (χ0v) is 10.4. The van der Waals surface area contributed by atoms with Crippen molar-refractivity contribution in [2.24, 2.45) is 11.3 Å². The second-order valence-electron chi connectivity index (χ2n) is 4.82. The first kappa shape index (κ1) is 13.1. The Morgan fingerprint density at radius 3 is 2.31 bits per heavy atom. The first-order valence-electron chi connectivity index (χ1n) is 5.06. The maximum absolute atomic E-state index is 5.31. The van der Waals surface area contributed by atoms with Gasteiger partial charge >= 0.3 is 0 Å². The van der Waals surface area contributed by atoms with Crippen LogP contribution in [0.15, 0.2) is 0 Å². The minimum Gasteiger partial charge on any atom is -0.319 e. The van der Waals surface area contributed by atoms with Crippen LogP contribution in [0.2, 0.25) is 0 Å². The van der Waals surface area contributed by atoms with Gasteiger partial charge in [-0.2, -0.15) is 0 Å². The zero-order chi connectivity index (χ0) is 10.5. The van der Waals surface area contributed by atoms with E-state index in [0.29, 0.717) is 11.3 Å². The van der Waals surface area contributed by atoms with Gasteiger partial charge < -0.3 is 5.32 Å². The standard InChI is InChI=1S/C11H23NS/c1-9(2)10(13)6-7-11(3,4)8-12-5/h9,12H,6-8H2,1-5H3. The molecule has 2 heteroatoms. The van der Waals surface area contributed by atoms with Crippen LogP contribution >= 0.6 is 12.2 Å². The Morgan fingerprint density at radius 2 is 1.92 bits per heavy atom. The highest BCUT2D eigenvalue weighted by Crippen LogP contribution is 2.22. The topological polar surface area (TPSA) is 12.0 Å². The summed E-state index contributed by atoms with van der Waals surface area (Å²) in [4.78, 5) is 1.21. The molecule has 0 rings (SSSR count). The Balaban J connectivity index is 3.80. The summed E-state index contributed by atoms with van der Waals surface area (Å²) in [6, 6.07) is 0. The van der Waals surface area contributed by atoms with Crippen LogP contribution in [-0.4, -0.2) is 18.5 Å². The summed E-state index contributed by atoms with van der Waals surface area (Å²) < 4.78 is 0. The lowest BCUT2D eigenvalue weighted by molar-refractivity contribution is 0.330. The summed E-state index contributed by atoms with van der Waals surface area (Å²) in [6.45, 7) is 9.98. The second-order valence-corrected chi connectivity index (χ2v) is 5.34. The molecule has 0 saturated heterocycles. The molecule has 78 valence electrons. The molecule has 0 unspecified atom stereocenters. The molecule has 0 aliphatic carbocycles. The molecular formula is C11H23NS. The van der Waals surface area contributed by atoms with Crippen LogP contribution in [-0.2, 0) is 0 Å². The van der Waals surface area contributed by atoms with Gasteiger partial charge in [-0.1, -0.05) is 39.9 Å². The minimum atomic E-state index is 0.369. The Bertz CT molecular complexity index is 161. The molecule has 1 N–H and O–H groups in total. The van der Waals surface area contributed by atoms with Crippen LogP contribution in [0.1, 0.15) is 40.5 Å². The fraction of sp³-hybridized carbons (Fsp3) is 0.909. The SMILES string of the molecule is CNCC(C)(C)CCC(=S)C(C)C. The summed E-state index contributed by atoms with van der Waals surface area (Å²) in [5.74, 6) is 0.556. The van der Waals surface area contributed by atoms with Gasteiger partial charge in [0.2, 0.25) is 0 Å². The molecule has 0 aromatic rings. The summed E-state index contributed by atoms with van der Waals surface area (Å²) in [6.07, 6.45) is 2.27. The molecule has 0 amide bonds. The zero-order valence-electron chi connectivity index (χ0n) is 9.61. The lowest BCUT2D eigenvalue weighted by atomic mass is 9.86. The smallest absolute Gasteiger partial charge is 0.0000370 e. The third-order valence-electron chi connectivity index (χ3n) is 2.35. The van der Waals surface area contributed by atoms with Crippen molar-refractivity contribution in [2.45, 2.75) is 40.5 Å². The van der Waals surface area contributed by atoms with Gasteiger partial charge in [0.25, 0.3) is 0 Å². The molecule has 13 heavy (non-hydrogen) atoms. The number of hydrogen-bond acceptors (Lipinski definition) is 2. The van der Waals surface area contributed by atoms with Crippen molar-refractivity contribution in [3.8, 4) is 0 Å². The van der Waals surface area contributed by atoms with Gasteiger partial charge in [0.1, 0.15) is 0 Å². The lowest BCUT2D eigenvalue weighted by Gasteiger charge is -2.24. The van der Waals surface area contributed by atoms with E-state index >= 15 is 0 Å². The largest absolute Gasteiger partial charge is 0.319 e. The highest BCUT2D eigenvalue weighted by molar-refractivity contribution is 7.80. The number of hydrogen-bond donors (Lipinski definition) is 1. The van der Waals surface area contributed by atoms with Crippen LogP contribution in [0.5, 0.6) is 0 Å². The van der Waals surface area contributed by atoms with Crippen LogP contribution in [0, 0.1) is 11.3 Å². The molecule has 0 aromatic carbocycles. The third-order valence-corrected chi connectivity index (χ3v) is 3.02. The average molecular weight is 201 g/mol. The van der Waals surface area contributed by atoms with Crippen molar-refractivity contribution in [3.63, 3.8) is 0 Å². The van der Waals surface area contributed by atoms with Crippen LogP contribution < -0.4 is 5.32 Å². The molecule has 0 bridgehead atoms. The van der Waals surface area contributed by atoms with Gasteiger partial charge in [0.05, 0.1) is 0 Å². The Hall–Kier alpha value is 0.0500. The Morgan fingerprint density at radius 1 is 1.38 bits per heavy atom. The predicted molar refractivity (Wildman–Crippen MR) is 64.4 cm³/mol. The van der Waals surface area contributed by atoms with Crippen molar-refractivity contribution in [1.29, 1.82) is 0 Å². The summed E-state index contributed by atoms with van der Waals surface area (Å²) in [5.41, 5.74) is 0.369. The van der Waals surface area contributed by atoms with E-state index in [1.807, 2.05) is 7.05 Å². The normalized spacial score (nSPS) is 12.2. The monoisotopic (exact) mass is 201 g/mol. The van der Waals surface area contributed by atoms with Crippen molar-refractivity contribution < 1.29 is 0 Å². The first-order valence-corrected chi connectivity index (χ1v) is 5.47. The minimum absolute atomic E-state index is 0.369. The predicted octanol–water partition coefficient (Wildman–Crippen LogP) is 3.04. The van der Waals surface area contributed by atoms with Crippen molar-refractivity contribution >= 4 is 17.1 Å². The lowest BCUT2D eigenvalue weighted by Crippen LogP contribution is -2.27. The molecule has 1 nitrogen and oxygen atoms in total. The van der Waals surface area contributed by atoms with E-state index in [1.54, 1.807) is 0 Å². The highest BCUT2D eigenvalue weighted by atomic mass is 32.1. The van der Waals surface area contributed by atoms with E-state index in [1.165, 1.54) is 11.3 Å². The third kappa shape index (κ3) is 6.17. The van der Waals surface area contributed by atoms with E-state index in [9.17, 15) is 0 Å². The molecule has 0 aliphatic rings. The first-order chi connectivity index (χ1) is 5.89. The Labute approximate surface area is 88.3 Å². The fourth-order valence-electron chi connectivity index (χ4n) is 1.32. The molecule has 0 saturated carbocycles. The van der Waals surface area contributed by atoms with E-state index in [2.05, 4.69) is 33.0 Å². The van der Waals surface area contributed by atoms with E-state index in [0.717, 1.165) is 13.0 Å². The second kappa shape index (κ2) is 5.71. The summed E-state index contributed by atoms with van der Waals surface area (Å²) in [5, 5.41) is 3.22. The van der Waals surface area contributed by atoms with Gasteiger partial charge in [-0.05, 0) is 42.6 Å². The van der Waals surface area contributed by atoms with E-state index in [-0.39, 0.29) is 0 Å². The maximum Gasteiger partial charge on any atom is -0.0000370 e. The van der Waals surface area contributed by atoms with E-state index < -0.39 is 0 Å². The molecule has 0 atom stereocenters. The van der Waals surface area contributed by atoms with Crippen LogP contribution in [0.25, 0.3) is 0 Å². The average Bonchev–Trinajstić information content (AvgIpc) is 2.00. The number of nitrogens with one attached hydrogen (secondary N) is 1. The summed E-state index contributed by atoms with van der Waals surface area (Å²) in [7, 11) is 2.00. The number of thiocarbonyl (C=S) groups is 1. The van der Waals surface area contributed by atoms with Gasteiger partial charge in [-0.3, -0.25) is 0 Å². The fourth-order valence-corrected chi connectivity index (χ4v) is 1.42. The van der Waals surface area contributed by atoms with Crippen LogP contribution in [0.4, 0.5) is 0 Å². The molecule has 0 heterocycles. The van der Waals surface area contributed by atoms with Crippen molar-refractivity contribution in [3.05, 3.63) is 0 Å². The molecule has 0 radical (unpaired) electrons. The molecule has 0 aromatic heterocycles. The van der Waals surface area contributed by atoms with E-state index in [4.69, 9.17) is 12.2 Å². The molecule has 0 spiro atoms.